The summed E-state index contributed by atoms with van der Waals surface area (Å²) in [5.74, 6) is 5.91. The lowest BCUT2D eigenvalue weighted by atomic mass is 9.63. The lowest BCUT2D eigenvalue weighted by Gasteiger charge is -2.59. The number of anilines is 1. The van der Waals surface area contributed by atoms with Gasteiger partial charge in [-0.15, -0.1) is 0 Å². The van der Waals surface area contributed by atoms with Crippen molar-refractivity contribution in [2.24, 2.45) is 17.2 Å². The molecule has 1 unspecified atom stereocenters. The maximum absolute atomic E-state index is 12.6. The molecule has 1 saturated carbocycles. The number of nitrogens with one attached hydrogen (secondary N) is 2. The minimum atomic E-state index is -4.33. The number of nitrogens with two attached hydrogens (primary N) is 1. The third kappa shape index (κ3) is 9.47. The number of hydrazine groups is 1. The summed E-state index contributed by atoms with van der Waals surface area (Å²) in [5.41, 5.74) is 4.20. The van der Waals surface area contributed by atoms with Crippen LogP contribution >= 0.6 is 11.9 Å². The van der Waals surface area contributed by atoms with E-state index in [0.29, 0.717) is 24.3 Å². The lowest BCUT2D eigenvalue weighted by molar-refractivity contribution is -0.178. The summed E-state index contributed by atoms with van der Waals surface area (Å²) in [6.07, 6.45) is 2.41. The molecule has 2 heterocycles. The molecule has 1 aliphatic heterocycles. The number of hydrogen-bond donors (Lipinski definition) is 3. The molecule has 1 aliphatic carbocycles. The van der Waals surface area contributed by atoms with E-state index in [1.54, 1.807) is 11.9 Å². The van der Waals surface area contributed by atoms with Gasteiger partial charge in [-0.1, -0.05) is 31.4 Å². The van der Waals surface area contributed by atoms with Crippen molar-refractivity contribution in [2.75, 3.05) is 30.9 Å². The molecule has 230 valence electrons. The molecule has 1 aromatic heterocycles. The maximum atomic E-state index is 12.6. The molecule has 1 saturated heterocycles. The van der Waals surface area contributed by atoms with E-state index in [1.807, 2.05) is 13.1 Å². The van der Waals surface area contributed by atoms with Gasteiger partial charge >= 0.3 is 12.4 Å². The summed E-state index contributed by atoms with van der Waals surface area (Å²) in [5, 5.41) is 2.22. The topological polar surface area (TPSA) is 60.3 Å². The summed E-state index contributed by atoms with van der Waals surface area (Å²) in [6, 6.07) is 6.40. The van der Waals surface area contributed by atoms with Crippen molar-refractivity contribution in [1.82, 2.24) is 14.9 Å². The van der Waals surface area contributed by atoms with Crippen LogP contribution in [0.25, 0.3) is 10.9 Å². The molecule has 0 amide bonds. The van der Waals surface area contributed by atoms with Crippen LogP contribution < -0.4 is 10.6 Å². The second-order valence-electron chi connectivity index (χ2n) is 12.1. The van der Waals surface area contributed by atoms with Gasteiger partial charge in [0.2, 0.25) is 0 Å². The lowest BCUT2D eigenvalue weighted by Crippen LogP contribution is -2.64. The van der Waals surface area contributed by atoms with Gasteiger partial charge in [0.1, 0.15) is 6.54 Å². The third-order valence-corrected chi connectivity index (χ3v) is 9.06. The number of alkyl halides is 6. The average Bonchev–Trinajstić information content (AvgIpc) is 3.19. The average molecular weight is 606 g/mol. The van der Waals surface area contributed by atoms with Crippen LogP contribution in [0.3, 0.4) is 0 Å². The predicted octanol–water partition coefficient (Wildman–Crippen LogP) is 8.03. The first kappa shape index (κ1) is 31.9. The molecule has 1 spiro atoms. The van der Waals surface area contributed by atoms with Crippen molar-refractivity contribution >= 4 is 28.5 Å². The van der Waals surface area contributed by atoms with Crippen molar-refractivity contribution in [1.29, 1.82) is 0 Å². The Labute approximate surface area is 242 Å². The van der Waals surface area contributed by atoms with Gasteiger partial charge < -0.3 is 14.7 Å². The van der Waals surface area contributed by atoms with Gasteiger partial charge in [0.05, 0.1) is 12.2 Å². The number of hydrogen-bond acceptors (Lipinski definition) is 5. The highest BCUT2D eigenvalue weighted by atomic mass is 32.2. The van der Waals surface area contributed by atoms with E-state index < -0.39 is 25.4 Å². The minimum Gasteiger partial charge on any atom is -0.359 e. The Morgan fingerprint density at radius 1 is 1.20 bits per heavy atom. The molecule has 4 N–H and O–H groups in total. The standard InChI is InChI=1S/C29H41F6N5S/c1-3-5-21(10-20(2)15-40(36)19-29(33,34)35)6-4-7-22-8-9-25-24(11-22)26(14-37-25)38-41-23-12-27(13-23)16-39(17-27)18-28(30,31)32/h8-9,11,14-15,21,23,37-38H,3-7,10,12-13,16-19,36H2,1-2H3/b20-15+. The first-order valence-corrected chi connectivity index (χ1v) is 15.2. The molecule has 2 aromatic rings. The molecule has 1 atom stereocenters. The summed E-state index contributed by atoms with van der Waals surface area (Å²) in [6.45, 7) is 3.07. The fourth-order valence-corrected chi connectivity index (χ4v) is 7.80. The third-order valence-electron chi connectivity index (χ3n) is 8.06. The first-order chi connectivity index (χ1) is 19.2. The van der Waals surface area contributed by atoms with Gasteiger partial charge in [0.15, 0.2) is 0 Å². The van der Waals surface area contributed by atoms with Crippen LogP contribution in [0.1, 0.15) is 64.4 Å². The second-order valence-corrected chi connectivity index (χ2v) is 13.2. The molecule has 12 heteroatoms. The van der Waals surface area contributed by atoms with Crippen LogP contribution in [-0.2, 0) is 6.42 Å². The second kappa shape index (κ2) is 13.1. The number of H-pyrrole nitrogens is 1. The fourth-order valence-electron chi connectivity index (χ4n) is 6.47. The fraction of sp³-hybridized carbons (Fsp3) is 0.655. The summed E-state index contributed by atoms with van der Waals surface area (Å²) >= 11 is 1.66. The van der Waals surface area contributed by atoms with E-state index in [2.05, 4.69) is 34.8 Å². The van der Waals surface area contributed by atoms with Gasteiger partial charge in [-0.05, 0) is 86.4 Å². The highest BCUT2D eigenvalue weighted by molar-refractivity contribution is 8.01. The van der Waals surface area contributed by atoms with Crippen molar-refractivity contribution in [3.05, 3.63) is 41.7 Å². The van der Waals surface area contributed by atoms with Crippen LogP contribution in [0.4, 0.5) is 32.0 Å². The van der Waals surface area contributed by atoms with Crippen LogP contribution in [-0.4, -0.2) is 58.7 Å². The number of halogens is 6. The van der Waals surface area contributed by atoms with Crippen molar-refractivity contribution in [2.45, 2.75) is 82.8 Å². The SMILES string of the molecule is CCCC(CCCc1ccc2[nH]cc(NSC3CC4(C3)CN(CC(F)(F)F)C4)c2c1)C/C(C)=C/N(N)CC(F)(F)F. The number of benzene rings is 1. The van der Waals surface area contributed by atoms with E-state index in [-0.39, 0.29) is 5.41 Å². The highest BCUT2D eigenvalue weighted by Gasteiger charge is 2.54. The molecule has 41 heavy (non-hydrogen) atoms. The molecule has 2 aliphatic rings. The molecule has 0 radical (unpaired) electrons. The molecular weight excluding hydrogens is 564 g/mol. The van der Waals surface area contributed by atoms with Gasteiger partial charge in [-0.3, -0.25) is 4.90 Å². The maximum Gasteiger partial charge on any atom is 0.407 e. The number of aromatic amines is 1. The van der Waals surface area contributed by atoms with E-state index in [1.165, 1.54) is 16.7 Å². The summed E-state index contributed by atoms with van der Waals surface area (Å²) in [7, 11) is 0. The zero-order chi connectivity index (χ0) is 29.8. The quantitative estimate of drug-likeness (QED) is 0.0881. The highest BCUT2D eigenvalue weighted by Crippen LogP contribution is 2.53. The number of aromatic nitrogens is 1. The Hall–Kier alpha value is -2.05. The normalized spacial score (nSPS) is 18.9. The van der Waals surface area contributed by atoms with Crippen molar-refractivity contribution in [3.8, 4) is 0 Å². The number of likely N-dealkylation sites (tertiary alicyclic amines) is 1. The van der Waals surface area contributed by atoms with Crippen LogP contribution in [0.15, 0.2) is 36.2 Å². The van der Waals surface area contributed by atoms with E-state index in [4.69, 9.17) is 5.84 Å². The first-order valence-electron chi connectivity index (χ1n) is 14.3. The van der Waals surface area contributed by atoms with Crippen molar-refractivity contribution < 1.29 is 26.3 Å². The largest absolute Gasteiger partial charge is 0.407 e. The molecule has 4 rings (SSSR count). The molecule has 0 bridgehead atoms. The number of rotatable bonds is 14. The van der Waals surface area contributed by atoms with E-state index in [9.17, 15) is 26.3 Å². The Morgan fingerprint density at radius 3 is 2.59 bits per heavy atom. The number of fused-ring (bicyclic) bond motifs is 1. The van der Waals surface area contributed by atoms with Gasteiger partial charge in [0, 0.05) is 41.6 Å². The predicted molar refractivity (Wildman–Crippen MR) is 154 cm³/mol. The van der Waals surface area contributed by atoms with E-state index >= 15 is 0 Å². The van der Waals surface area contributed by atoms with Crippen LogP contribution in [0, 0.1) is 11.3 Å². The van der Waals surface area contributed by atoms with Crippen LogP contribution in [0.2, 0.25) is 0 Å². The smallest absolute Gasteiger partial charge is 0.359 e. The van der Waals surface area contributed by atoms with Gasteiger partial charge in [-0.25, -0.2) is 5.84 Å². The zero-order valence-electron chi connectivity index (χ0n) is 23.7. The monoisotopic (exact) mass is 605 g/mol. The summed E-state index contributed by atoms with van der Waals surface area (Å²) < 4.78 is 78.9. The number of aryl methyl sites for hydroxylation is 1. The molecule has 5 nitrogen and oxygen atoms in total. The zero-order valence-corrected chi connectivity index (χ0v) is 24.5. The Bertz CT molecular complexity index is 1160. The van der Waals surface area contributed by atoms with E-state index in [0.717, 1.165) is 78.5 Å². The molecule has 1 aromatic carbocycles. The molecular formula is C29H41F6N5S. The Kier molecular flexibility index (Phi) is 10.2. The molecule has 2 fully saturated rings. The van der Waals surface area contributed by atoms with Crippen molar-refractivity contribution in [3.63, 3.8) is 0 Å². The Morgan fingerprint density at radius 2 is 1.93 bits per heavy atom. The van der Waals surface area contributed by atoms with Crippen LogP contribution in [0.5, 0.6) is 0 Å². The number of nitrogens with zero attached hydrogens (tertiary/aromatic N) is 2. The Balaban J connectivity index is 1.23. The minimum absolute atomic E-state index is 0.0642. The summed E-state index contributed by atoms with van der Waals surface area (Å²) in [4.78, 5) is 4.79. The number of allylic oxidation sites excluding steroid dienone is 1. The van der Waals surface area contributed by atoms with Gasteiger partial charge in [0.25, 0.3) is 0 Å². The van der Waals surface area contributed by atoms with Gasteiger partial charge in [-0.2, -0.15) is 26.3 Å².